The lowest BCUT2D eigenvalue weighted by molar-refractivity contribution is -0.145. The van der Waals surface area contributed by atoms with E-state index in [4.69, 9.17) is 4.74 Å². The number of nitrogens with one attached hydrogen (secondary N) is 1. The number of thiophene rings is 1. The number of carbonyl (C=O) groups excluding carboxylic acids is 1. The quantitative estimate of drug-likeness (QED) is 0.593. The Balaban J connectivity index is 2.25. The van der Waals surface area contributed by atoms with Crippen LogP contribution in [0, 0.1) is 0 Å². The van der Waals surface area contributed by atoms with Crippen LogP contribution in [-0.4, -0.2) is 27.0 Å². The summed E-state index contributed by atoms with van der Waals surface area (Å²) in [5, 5.41) is 0. The summed E-state index contributed by atoms with van der Waals surface area (Å²) >= 11 is 7.59. The maximum absolute atomic E-state index is 12.6. The molecule has 0 aliphatic rings. The van der Waals surface area contributed by atoms with Crippen LogP contribution in [0.2, 0.25) is 0 Å². The average Bonchev–Trinajstić information content (AvgIpc) is 2.88. The molecule has 1 aromatic heterocycles. The summed E-state index contributed by atoms with van der Waals surface area (Å²) in [6.45, 7) is 1.86. The van der Waals surface area contributed by atoms with Gasteiger partial charge in [-0.05, 0) is 56.8 Å². The van der Waals surface area contributed by atoms with Crippen molar-refractivity contribution < 1.29 is 17.9 Å². The maximum atomic E-state index is 12.6. The highest BCUT2D eigenvalue weighted by molar-refractivity contribution is 9.13. The summed E-state index contributed by atoms with van der Waals surface area (Å²) < 4.78 is 34.0. The van der Waals surface area contributed by atoms with Gasteiger partial charge in [-0.1, -0.05) is 30.3 Å². The second kappa shape index (κ2) is 8.57. The van der Waals surface area contributed by atoms with Gasteiger partial charge in [0, 0.05) is 4.47 Å². The van der Waals surface area contributed by atoms with Gasteiger partial charge in [-0.2, -0.15) is 4.72 Å². The molecule has 1 unspecified atom stereocenters. The molecule has 0 radical (unpaired) electrons. The lowest BCUT2D eigenvalue weighted by Gasteiger charge is -2.17. The lowest BCUT2D eigenvalue weighted by Crippen LogP contribution is -2.43. The Bertz CT molecular complexity index is 787. The summed E-state index contributed by atoms with van der Waals surface area (Å²) in [5.74, 6) is -0.598. The Morgan fingerprint density at radius 1 is 1.29 bits per heavy atom. The predicted molar refractivity (Wildman–Crippen MR) is 101 cm³/mol. The van der Waals surface area contributed by atoms with Crippen molar-refractivity contribution in [1.82, 2.24) is 4.72 Å². The van der Waals surface area contributed by atoms with Crippen LogP contribution in [0.4, 0.5) is 0 Å². The summed E-state index contributed by atoms with van der Waals surface area (Å²) in [6, 6.07) is 9.68. The molecular weight excluding hydrogens is 482 g/mol. The highest BCUT2D eigenvalue weighted by Gasteiger charge is 2.28. The molecule has 0 amide bonds. The summed E-state index contributed by atoms with van der Waals surface area (Å²) in [6.07, 6.45) is 0.215. The average molecular weight is 497 g/mol. The van der Waals surface area contributed by atoms with Crippen LogP contribution in [0.1, 0.15) is 12.5 Å². The molecular formula is C15H15Br2NO4S2. The molecule has 1 heterocycles. The number of ether oxygens (including phenoxy) is 1. The summed E-state index contributed by atoms with van der Waals surface area (Å²) in [5.41, 5.74) is 0.840. The van der Waals surface area contributed by atoms with Gasteiger partial charge >= 0.3 is 5.97 Å². The number of benzene rings is 1. The number of rotatable bonds is 7. The van der Waals surface area contributed by atoms with Crippen LogP contribution in [0.25, 0.3) is 0 Å². The zero-order valence-corrected chi connectivity index (χ0v) is 17.5. The van der Waals surface area contributed by atoms with E-state index in [-0.39, 0.29) is 17.2 Å². The third kappa shape index (κ3) is 5.13. The van der Waals surface area contributed by atoms with Crippen LogP contribution >= 0.6 is 43.2 Å². The first kappa shape index (κ1) is 19.6. The monoisotopic (exact) mass is 495 g/mol. The molecule has 1 N–H and O–H groups in total. The number of esters is 1. The fourth-order valence-electron chi connectivity index (χ4n) is 1.97. The van der Waals surface area contributed by atoms with Crippen molar-refractivity contribution in [2.75, 3.05) is 6.61 Å². The van der Waals surface area contributed by atoms with Crippen LogP contribution in [0.3, 0.4) is 0 Å². The fraction of sp³-hybridized carbons (Fsp3) is 0.267. The van der Waals surface area contributed by atoms with Crippen LogP contribution in [-0.2, 0) is 26.0 Å². The zero-order valence-electron chi connectivity index (χ0n) is 12.7. The predicted octanol–water partition coefficient (Wildman–Crippen LogP) is 3.73. The van der Waals surface area contributed by atoms with Crippen LogP contribution in [0.5, 0.6) is 0 Å². The molecule has 130 valence electrons. The van der Waals surface area contributed by atoms with E-state index in [1.807, 2.05) is 30.3 Å². The van der Waals surface area contributed by atoms with Crippen LogP contribution < -0.4 is 4.72 Å². The number of hydrogen-bond donors (Lipinski definition) is 1. The molecule has 0 spiro atoms. The number of sulfonamides is 1. The van der Waals surface area contributed by atoms with E-state index in [0.29, 0.717) is 8.26 Å². The largest absolute Gasteiger partial charge is 0.465 e. The van der Waals surface area contributed by atoms with Gasteiger partial charge in [0.15, 0.2) is 0 Å². The first-order valence-electron chi connectivity index (χ1n) is 7.01. The highest BCUT2D eigenvalue weighted by atomic mass is 79.9. The smallest absolute Gasteiger partial charge is 0.324 e. The van der Waals surface area contributed by atoms with Crippen molar-refractivity contribution >= 4 is 59.2 Å². The van der Waals surface area contributed by atoms with E-state index < -0.39 is 22.0 Å². The van der Waals surface area contributed by atoms with Gasteiger partial charge in [0.1, 0.15) is 10.3 Å². The second-order valence-corrected chi connectivity index (χ2v) is 9.97. The van der Waals surface area contributed by atoms with E-state index in [0.717, 1.165) is 16.9 Å². The van der Waals surface area contributed by atoms with Crippen molar-refractivity contribution in [3.05, 3.63) is 50.2 Å². The van der Waals surface area contributed by atoms with Gasteiger partial charge in [0.05, 0.1) is 10.4 Å². The molecule has 0 aliphatic carbocycles. The minimum atomic E-state index is -3.84. The summed E-state index contributed by atoms with van der Waals surface area (Å²) in [4.78, 5) is 12.2. The Morgan fingerprint density at radius 3 is 2.50 bits per heavy atom. The summed E-state index contributed by atoms with van der Waals surface area (Å²) in [7, 11) is -3.84. The third-order valence-corrected chi connectivity index (χ3v) is 8.24. The van der Waals surface area contributed by atoms with Crippen LogP contribution in [0.15, 0.2) is 48.9 Å². The van der Waals surface area contributed by atoms with Crippen molar-refractivity contribution in [3.8, 4) is 0 Å². The highest BCUT2D eigenvalue weighted by Crippen LogP contribution is 2.34. The molecule has 1 aromatic carbocycles. The van der Waals surface area contributed by atoms with E-state index in [2.05, 4.69) is 36.6 Å². The van der Waals surface area contributed by atoms with Gasteiger partial charge < -0.3 is 4.74 Å². The number of hydrogen-bond acceptors (Lipinski definition) is 5. The van der Waals surface area contributed by atoms with E-state index in [9.17, 15) is 13.2 Å². The van der Waals surface area contributed by atoms with Crippen molar-refractivity contribution in [2.45, 2.75) is 23.6 Å². The minimum absolute atomic E-state index is 0.114. The molecule has 2 rings (SSSR count). The van der Waals surface area contributed by atoms with Crippen molar-refractivity contribution in [2.24, 2.45) is 0 Å². The topological polar surface area (TPSA) is 72.5 Å². The minimum Gasteiger partial charge on any atom is -0.465 e. The molecule has 0 fully saturated rings. The van der Waals surface area contributed by atoms with Gasteiger partial charge in [-0.3, -0.25) is 4.79 Å². The molecule has 24 heavy (non-hydrogen) atoms. The second-order valence-electron chi connectivity index (χ2n) is 4.80. The van der Waals surface area contributed by atoms with Gasteiger partial charge in [0.2, 0.25) is 0 Å². The van der Waals surface area contributed by atoms with E-state index in [1.54, 1.807) is 6.92 Å². The fourth-order valence-corrected chi connectivity index (χ4v) is 5.99. The molecule has 1 atom stereocenters. The van der Waals surface area contributed by atoms with Gasteiger partial charge in [0.25, 0.3) is 10.0 Å². The van der Waals surface area contributed by atoms with Gasteiger partial charge in [-0.25, -0.2) is 8.42 Å². The molecule has 0 saturated heterocycles. The number of carbonyl (C=O) groups is 1. The first-order valence-corrected chi connectivity index (χ1v) is 10.9. The molecule has 0 bridgehead atoms. The third-order valence-electron chi connectivity index (χ3n) is 3.04. The molecule has 0 saturated carbocycles. The molecule has 0 aliphatic heterocycles. The Morgan fingerprint density at radius 2 is 1.96 bits per heavy atom. The molecule has 5 nitrogen and oxygen atoms in total. The zero-order chi connectivity index (χ0) is 17.7. The maximum Gasteiger partial charge on any atom is 0.324 e. The standard InChI is InChI=1S/C15H15Br2NO4S2/c1-2-22-15(19)12(8-10-6-4-3-5-7-10)18-24(20,21)13-9-11(16)14(17)23-13/h3-7,9,12,18H,2,8H2,1H3. The molecule has 2 aromatic rings. The van der Waals surface area contributed by atoms with E-state index in [1.165, 1.54) is 6.07 Å². The lowest BCUT2D eigenvalue weighted by atomic mass is 10.1. The SMILES string of the molecule is CCOC(=O)C(Cc1ccccc1)NS(=O)(=O)c1cc(Br)c(Br)s1. The normalized spacial score (nSPS) is 12.8. The first-order chi connectivity index (χ1) is 11.3. The Hall–Kier alpha value is -0.740. The Labute approximate surface area is 161 Å². The van der Waals surface area contributed by atoms with Gasteiger partial charge in [-0.15, -0.1) is 11.3 Å². The van der Waals surface area contributed by atoms with Crippen molar-refractivity contribution in [3.63, 3.8) is 0 Å². The Kier molecular flexibility index (Phi) is 6.99. The molecule has 9 heteroatoms. The number of halogens is 2. The van der Waals surface area contributed by atoms with Crippen molar-refractivity contribution in [1.29, 1.82) is 0 Å². The van der Waals surface area contributed by atoms with E-state index >= 15 is 0 Å².